The predicted molar refractivity (Wildman–Crippen MR) is 125 cm³/mol. The van der Waals surface area contributed by atoms with Crippen molar-refractivity contribution >= 4 is 45.5 Å². The van der Waals surface area contributed by atoms with Crippen LogP contribution in [0, 0.1) is 5.92 Å². The van der Waals surface area contributed by atoms with Crippen molar-refractivity contribution in [3.05, 3.63) is 45.8 Å². The lowest BCUT2D eigenvalue weighted by Gasteiger charge is -2.12. The van der Waals surface area contributed by atoms with Gasteiger partial charge in [-0.25, -0.2) is 0 Å². The number of amides is 2. The minimum absolute atomic E-state index is 0.137. The van der Waals surface area contributed by atoms with E-state index >= 15 is 0 Å². The SMILES string of the molecule is CC(C)CCOc1ccc(C(=O)NC(=S)Nc2sc3c(c2C(N)=O)CCCC3)cc1. The highest BCUT2D eigenvalue weighted by atomic mass is 32.1. The summed E-state index contributed by atoms with van der Waals surface area (Å²) in [4.78, 5) is 25.6. The van der Waals surface area contributed by atoms with Gasteiger partial charge in [0.25, 0.3) is 11.8 Å². The van der Waals surface area contributed by atoms with Crippen LogP contribution in [0.25, 0.3) is 0 Å². The van der Waals surface area contributed by atoms with Gasteiger partial charge in [-0.05, 0) is 80.1 Å². The number of carbonyl (C=O) groups excluding carboxylic acids is 2. The van der Waals surface area contributed by atoms with Crippen LogP contribution in [0.5, 0.6) is 5.75 Å². The number of hydrogen-bond acceptors (Lipinski definition) is 5. The van der Waals surface area contributed by atoms with E-state index in [1.807, 2.05) is 0 Å². The number of fused-ring (bicyclic) bond motifs is 1. The van der Waals surface area contributed by atoms with Crippen molar-refractivity contribution in [1.82, 2.24) is 5.32 Å². The molecule has 1 aromatic heterocycles. The average molecular weight is 446 g/mol. The van der Waals surface area contributed by atoms with E-state index < -0.39 is 5.91 Å². The normalized spacial score (nSPS) is 12.9. The molecule has 0 saturated heterocycles. The summed E-state index contributed by atoms with van der Waals surface area (Å²) in [5.74, 6) is 0.498. The van der Waals surface area contributed by atoms with Crippen LogP contribution in [-0.2, 0) is 12.8 Å². The van der Waals surface area contributed by atoms with E-state index in [1.165, 1.54) is 16.2 Å². The minimum Gasteiger partial charge on any atom is -0.494 e. The van der Waals surface area contributed by atoms with Gasteiger partial charge >= 0.3 is 0 Å². The molecule has 4 N–H and O–H groups in total. The standard InChI is InChI=1S/C22H27N3O3S2/c1-13(2)11-12-28-15-9-7-14(8-10-15)20(27)24-22(29)25-21-18(19(23)26)16-5-3-4-6-17(16)30-21/h7-10,13H,3-6,11-12H2,1-2H3,(H2,23,26)(H2,24,25,27,29). The third-order valence-corrected chi connectivity index (χ3v) is 6.36. The predicted octanol–water partition coefficient (Wildman–Crippen LogP) is 4.28. The molecule has 0 radical (unpaired) electrons. The number of thiophene rings is 1. The fourth-order valence-electron chi connectivity index (χ4n) is 3.34. The van der Waals surface area contributed by atoms with Crippen LogP contribution < -0.4 is 21.1 Å². The number of carbonyl (C=O) groups is 2. The Morgan fingerprint density at radius 1 is 1.20 bits per heavy atom. The first-order valence-electron chi connectivity index (χ1n) is 10.1. The minimum atomic E-state index is -0.473. The number of aryl methyl sites for hydroxylation is 1. The molecule has 0 aliphatic heterocycles. The summed E-state index contributed by atoms with van der Waals surface area (Å²) in [7, 11) is 0. The quantitative estimate of drug-likeness (QED) is 0.553. The van der Waals surface area contributed by atoms with Gasteiger partial charge in [-0.15, -0.1) is 11.3 Å². The maximum Gasteiger partial charge on any atom is 0.257 e. The number of nitrogens with one attached hydrogen (secondary N) is 2. The second-order valence-corrected chi connectivity index (χ2v) is 9.26. The molecule has 30 heavy (non-hydrogen) atoms. The van der Waals surface area contributed by atoms with Crippen molar-refractivity contribution < 1.29 is 14.3 Å². The van der Waals surface area contributed by atoms with Gasteiger partial charge in [0.1, 0.15) is 10.8 Å². The number of primary amides is 1. The Morgan fingerprint density at radius 3 is 2.57 bits per heavy atom. The van der Waals surface area contributed by atoms with E-state index in [0.29, 0.717) is 28.7 Å². The summed E-state index contributed by atoms with van der Waals surface area (Å²) in [5, 5.41) is 6.40. The van der Waals surface area contributed by atoms with E-state index in [4.69, 9.17) is 22.7 Å². The van der Waals surface area contributed by atoms with E-state index in [0.717, 1.165) is 43.4 Å². The molecule has 0 saturated carbocycles. The molecule has 2 amide bonds. The maximum atomic E-state index is 12.5. The molecule has 0 fully saturated rings. The van der Waals surface area contributed by atoms with Gasteiger partial charge in [-0.2, -0.15) is 0 Å². The molecule has 1 heterocycles. The molecule has 1 aliphatic carbocycles. The largest absolute Gasteiger partial charge is 0.494 e. The first kappa shape index (κ1) is 22.2. The Bertz CT molecular complexity index is 936. The second kappa shape index (κ2) is 10.0. The monoisotopic (exact) mass is 445 g/mol. The van der Waals surface area contributed by atoms with Gasteiger partial charge in [0.15, 0.2) is 5.11 Å². The average Bonchev–Trinajstić information content (AvgIpc) is 3.05. The fraction of sp³-hybridized carbons (Fsp3) is 0.409. The van der Waals surface area contributed by atoms with Gasteiger partial charge < -0.3 is 15.8 Å². The highest BCUT2D eigenvalue weighted by Crippen LogP contribution is 2.37. The van der Waals surface area contributed by atoms with Gasteiger partial charge in [0.05, 0.1) is 12.2 Å². The van der Waals surface area contributed by atoms with Crippen LogP contribution in [-0.4, -0.2) is 23.5 Å². The smallest absolute Gasteiger partial charge is 0.257 e. The molecule has 0 bridgehead atoms. The zero-order valence-corrected chi connectivity index (χ0v) is 18.9. The Labute approximate surface area is 186 Å². The van der Waals surface area contributed by atoms with E-state index in [2.05, 4.69) is 24.5 Å². The summed E-state index contributed by atoms with van der Waals surface area (Å²) in [6.45, 7) is 4.93. The van der Waals surface area contributed by atoms with Crippen molar-refractivity contribution in [2.24, 2.45) is 11.7 Å². The van der Waals surface area contributed by atoms with Crippen LogP contribution in [0.4, 0.5) is 5.00 Å². The van der Waals surface area contributed by atoms with Crippen LogP contribution in [0.15, 0.2) is 24.3 Å². The summed E-state index contributed by atoms with van der Waals surface area (Å²) in [6.07, 6.45) is 4.90. The first-order valence-corrected chi connectivity index (χ1v) is 11.4. The Kier molecular flexibility index (Phi) is 7.44. The molecule has 160 valence electrons. The van der Waals surface area contributed by atoms with Crippen molar-refractivity contribution in [1.29, 1.82) is 0 Å². The number of thiocarbonyl (C=S) groups is 1. The molecule has 6 nitrogen and oxygen atoms in total. The Morgan fingerprint density at radius 2 is 1.90 bits per heavy atom. The van der Waals surface area contributed by atoms with Crippen LogP contribution in [0.1, 0.15) is 64.3 Å². The topological polar surface area (TPSA) is 93.4 Å². The summed E-state index contributed by atoms with van der Waals surface area (Å²) < 4.78 is 5.67. The van der Waals surface area contributed by atoms with Crippen molar-refractivity contribution in [2.45, 2.75) is 46.0 Å². The molecular formula is C22H27N3O3S2. The van der Waals surface area contributed by atoms with Gasteiger partial charge in [-0.1, -0.05) is 13.8 Å². The molecular weight excluding hydrogens is 418 g/mol. The third kappa shape index (κ3) is 5.58. The number of hydrogen-bond donors (Lipinski definition) is 3. The number of anilines is 1. The lowest BCUT2D eigenvalue weighted by molar-refractivity contribution is 0.0975. The molecule has 1 aliphatic rings. The summed E-state index contributed by atoms with van der Waals surface area (Å²) in [5.41, 5.74) is 7.58. The molecule has 1 aromatic carbocycles. The zero-order chi connectivity index (χ0) is 21.7. The second-order valence-electron chi connectivity index (χ2n) is 7.74. The molecule has 2 aromatic rings. The van der Waals surface area contributed by atoms with Gasteiger partial charge in [-0.3, -0.25) is 14.9 Å². The number of nitrogens with two attached hydrogens (primary N) is 1. The first-order chi connectivity index (χ1) is 14.3. The lowest BCUT2D eigenvalue weighted by atomic mass is 9.95. The van der Waals surface area contributed by atoms with Gasteiger partial charge in [0.2, 0.25) is 0 Å². The van der Waals surface area contributed by atoms with Crippen LogP contribution >= 0.6 is 23.6 Å². The highest BCUT2D eigenvalue weighted by Gasteiger charge is 2.24. The molecule has 8 heteroatoms. The number of ether oxygens (including phenoxy) is 1. The van der Waals surface area contributed by atoms with E-state index in [-0.39, 0.29) is 11.0 Å². The lowest BCUT2D eigenvalue weighted by Crippen LogP contribution is -2.34. The molecule has 0 spiro atoms. The van der Waals surface area contributed by atoms with Gasteiger partial charge in [0, 0.05) is 10.4 Å². The Balaban J connectivity index is 1.60. The van der Waals surface area contributed by atoms with Crippen molar-refractivity contribution in [2.75, 3.05) is 11.9 Å². The van der Waals surface area contributed by atoms with E-state index in [1.54, 1.807) is 24.3 Å². The summed E-state index contributed by atoms with van der Waals surface area (Å²) in [6, 6.07) is 6.93. The third-order valence-electron chi connectivity index (χ3n) is 4.95. The molecule has 0 atom stereocenters. The molecule has 3 rings (SSSR count). The van der Waals surface area contributed by atoms with Crippen LogP contribution in [0.3, 0.4) is 0 Å². The number of benzene rings is 1. The van der Waals surface area contributed by atoms with Crippen LogP contribution in [0.2, 0.25) is 0 Å². The fourth-order valence-corrected chi connectivity index (χ4v) is 4.90. The van der Waals surface area contributed by atoms with Crippen molar-refractivity contribution in [3.8, 4) is 5.75 Å². The maximum absolute atomic E-state index is 12.5. The van der Waals surface area contributed by atoms with Crippen molar-refractivity contribution in [3.63, 3.8) is 0 Å². The summed E-state index contributed by atoms with van der Waals surface area (Å²) >= 11 is 6.78. The number of rotatable bonds is 7. The highest BCUT2D eigenvalue weighted by molar-refractivity contribution is 7.80. The zero-order valence-electron chi connectivity index (χ0n) is 17.2. The van der Waals surface area contributed by atoms with E-state index in [9.17, 15) is 9.59 Å². The molecule has 0 unspecified atom stereocenters. The Hall–Kier alpha value is -2.45.